The van der Waals surface area contributed by atoms with Gasteiger partial charge in [0.15, 0.2) is 0 Å². The number of hydrogen-bond acceptors (Lipinski definition) is 6. The fourth-order valence-electron chi connectivity index (χ4n) is 5.54. The number of carbonyl (C=O) groups excluding carboxylic acids is 1. The molecule has 9 heteroatoms. The summed E-state index contributed by atoms with van der Waals surface area (Å²) >= 11 is 0. The van der Waals surface area contributed by atoms with Gasteiger partial charge in [-0.2, -0.15) is 5.10 Å². The topological polar surface area (TPSA) is 101 Å². The van der Waals surface area contributed by atoms with Gasteiger partial charge in [-0.05, 0) is 48.8 Å². The summed E-state index contributed by atoms with van der Waals surface area (Å²) in [5.74, 6) is 2.75. The van der Waals surface area contributed by atoms with Gasteiger partial charge in [0, 0.05) is 45.1 Å². The van der Waals surface area contributed by atoms with Crippen LogP contribution in [0.4, 0.5) is 5.82 Å². The van der Waals surface area contributed by atoms with Crippen molar-refractivity contribution in [1.82, 2.24) is 30.0 Å². The molecule has 0 spiro atoms. The highest BCUT2D eigenvalue weighted by Gasteiger charge is 2.45. The molecular weight excluding hydrogens is 430 g/mol. The van der Waals surface area contributed by atoms with Gasteiger partial charge in [-0.3, -0.25) is 9.89 Å². The standard InChI is InChI=1S/C25H31N7O2/c1-31-14-26-25-20(4-5-22(25)31)28-24(33)10-19-9-18(29-30-19)8-15-3-6-23(27-21(15)13-34-2)32-11-16-7-17(16)12-32/h3,6,9,14,16-17,20H,4-5,7-8,10-13H2,1-2H3,(H,28,33)(H,29,30)/t16?,17?,20-/m1/s1. The predicted molar refractivity (Wildman–Crippen MR) is 126 cm³/mol. The number of pyridine rings is 1. The number of anilines is 1. The van der Waals surface area contributed by atoms with Crippen LogP contribution in [-0.2, 0) is 42.4 Å². The van der Waals surface area contributed by atoms with Crippen LogP contribution in [0, 0.1) is 11.8 Å². The molecule has 6 rings (SSSR count). The maximum absolute atomic E-state index is 12.7. The molecule has 2 N–H and O–H groups in total. The molecule has 9 nitrogen and oxygen atoms in total. The Morgan fingerprint density at radius 3 is 2.97 bits per heavy atom. The number of aromatic nitrogens is 5. The zero-order valence-corrected chi connectivity index (χ0v) is 19.8. The SMILES string of the molecule is COCc1nc(N2CC3CC3C2)ccc1Cc1cc(CC(=O)N[C@@H]2CCc3c2ncn3C)n[nH]1. The van der Waals surface area contributed by atoms with Gasteiger partial charge in [-0.15, -0.1) is 0 Å². The third-order valence-electron chi connectivity index (χ3n) is 7.47. The summed E-state index contributed by atoms with van der Waals surface area (Å²) < 4.78 is 7.47. The number of nitrogens with one attached hydrogen (secondary N) is 2. The van der Waals surface area contributed by atoms with Crippen molar-refractivity contribution in [3.63, 3.8) is 0 Å². The van der Waals surface area contributed by atoms with Crippen LogP contribution in [0.25, 0.3) is 0 Å². The molecule has 3 aliphatic rings. The number of amides is 1. The average molecular weight is 462 g/mol. The van der Waals surface area contributed by atoms with Crippen molar-refractivity contribution in [3.8, 4) is 0 Å². The number of piperidine rings is 1. The normalized spacial score (nSPS) is 22.6. The largest absolute Gasteiger partial charge is 0.378 e. The van der Waals surface area contributed by atoms with Crippen LogP contribution in [0.5, 0.6) is 0 Å². The highest BCUT2D eigenvalue weighted by atomic mass is 16.5. The van der Waals surface area contributed by atoms with Crippen LogP contribution in [0.15, 0.2) is 24.5 Å². The number of rotatable bonds is 8. The summed E-state index contributed by atoms with van der Waals surface area (Å²) in [7, 11) is 3.70. The Morgan fingerprint density at radius 2 is 2.15 bits per heavy atom. The lowest BCUT2D eigenvalue weighted by atomic mass is 10.1. The van der Waals surface area contributed by atoms with E-state index in [1.165, 1.54) is 12.1 Å². The second-order valence-corrected chi connectivity index (χ2v) is 9.95. The molecule has 4 heterocycles. The van der Waals surface area contributed by atoms with Crippen LogP contribution < -0.4 is 10.2 Å². The van der Waals surface area contributed by atoms with Crippen LogP contribution in [0.1, 0.15) is 52.9 Å². The number of aromatic amines is 1. The highest BCUT2D eigenvalue weighted by molar-refractivity contribution is 5.78. The average Bonchev–Trinajstić information content (AvgIpc) is 3.25. The molecule has 1 amide bonds. The molecule has 2 aliphatic carbocycles. The van der Waals surface area contributed by atoms with Gasteiger partial charge in [-0.25, -0.2) is 9.97 Å². The summed E-state index contributed by atoms with van der Waals surface area (Å²) in [6.45, 7) is 2.72. The Labute approximate surface area is 198 Å². The fourth-order valence-corrected chi connectivity index (χ4v) is 5.54. The van der Waals surface area contributed by atoms with Crippen molar-refractivity contribution >= 4 is 11.7 Å². The number of nitrogens with zero attached hydrogens (tertiary/aromatic N) is 5. The zero-order chi connectivity index (χ0) is 23.2. The predicted octanol–water partition coefficient (Wildman–Crippen LogP) is 2.08. The van der Waals surface area contributed by atoms with E-state index in [0.29, 0.717) is 13.0 Å². The lowest BCUT2D eigenvalue weighted by Gasteiger charge is -2.20. The third kappa shape index (κ3) is 4.09. The van der Waals surface area contributed by atoms with Crippen molar-refractivity contribution < 1.29 is 9.53 Å². The summed E-state index contributed by atoms with van der Waals surface area (Å²) in [5.41, 5.74) is 5.97. The van der Waals surface area contributed by atoms with Crippen molar-refractivity contribution in [3.05, 3.63) is 58.6 Å². The minimum atomic E-state index is -0.0312. The monoisotopic (exact) mass is 461 g/mol. The van der Waals surface area contributed by atoms with E-state index in [0.717, 1.165) is 71.9 Å². The first-order valence-corrected chi connectivity index (χ1v) is 12.1. The first kappa shape index (κ1) is 21.3. The van der Waals surface area contributed by atoms with Crippen LogP contribution in [0.2, 0.25) is 0 Å². The molecule has 0 bridgehead atoms. The van der Waals surface area contributed by atoms with E-state index in [-0.39, 0.29) is 18.4 Å². The number of H-pyrrole nitrogens is 1. The summed E-state index contributed by atoms with van der Waals surface area (Å²) in [5, 5.41) is 10.6. The summed E-state index contributed by atoms with van der Waals surface area (Å²) in [6, 6.07) is 6.24. The molecule has 3 aromatic heterocycles. The molecule has 2 unspecified atom stereocenters. The van der Waals surface area contributed by atoms with Gasteiger partial charge in [-0.1, -0.05) is 6.07 Å². The molecule has 1 aliphatic heterocycles. The third-order valence-corrected chi connectivity index (χ3v) is 7.47. The highest BCUT2D eigenvalue weighted by Crippen LogP contribution is 2.46. The molecule has 3 aromatic rings. The number of carbonyl (C=O) groups is 1. The lowest BCUT2D eigenvalue weighted by molar-refractivity contribution is -0.121. The van der Waals surface area contributed by atoms with Crippen molar-refractivity contribution in [2.75, 3.05) is 25.1 Å². The molecule has 0 aromatic carbocycles. The quantitative estimate of drug-likeness (QED) is 0.533. The number of fused-ring (bicyclic) bond motifs is 2. The number of aryl methyl sites for hydroxylation is 1. The van der Waals surface area contributed by atoms with Gasteiger partial charge in [0.25, 0.3) is 0 Å². The lowest BCUT2D eigenvalue weighted by Crippen LogP contribution is -2.28. The zero-order valence-electron chi connectivity index (χ0n) is 19.8. The molecule has 3 atom stereocenters. The van der Waals surface area contributed by atoms with E-state index in [1.54, 1.807) is 7.11 Å². The second-order valence-electron chi connectivity index (χ2n) is 9.95. The minimum absolute atomic E-state index is 0.00944. The minimum Gasteiger partial charge on any atom is -0.378 e. The van der Waals surface area contributed by atoms with Crippen LogP contribution >= 0.6 is 0 Å². The van der Waals surface area contributed by atoms with Gasteiger partial charge in [0.1, 0.15) is 5.82 Å². The van der Waals surface area contributed by atoms with E-state index in [1.807, 2.05) is 24.0 Å². The molecule has 2 fully saturated rings. The van der Waals surface area contributed by atoms with E-state index in [9.17, 15) is 4.79 Å². The first-order valence-electron chi connectivity index (χ1n) is 12.1. The second kappa shape index (κ2) is 8.54. The molecule has 0 radical (unpaired) electrons. The first-order chi connectivity index (χ1) is 16.6. The Balaban J connectivity index is 1.09. The summed E-state index contributed by atoms with van der Waals surface area (Å²) in [6.07, 6.45) is 5.95. The van der Waals surface area contributed by atoms with E-state index < -0.39 is 0 Å². The van der Waals surface area contributed by atoms with Gasteiger partial charge < -0.3 is 19.5 Å². The number of hydrogen-bond donors (Lipinski definition) is 2. The van der Waals surface area contributed by atoms with Crippen LogP contribution in [-0.4, -0.2) is 50.8 Å². The number of methoxy groups -OCH3 is 1. The number of ether oxygens (including phenoxy) is 1. The van der Waals surface area contributed by atoms with E-state index in [4.69, 9.17) is 9.72 Å². The molecule has 1 saturated carbocycles. The Hall–Kier alpha value is -3.20. The fraction of sp³-hybridized carbons (Fsp3) is 0.520. The maximum Gasteiger partial charge on any atom is 0.226 e. The molecular formula is C25H31N7O2. The van der Waals surface area contributed by atoms with Gasteiger partial charge >= 0.3 is 0 Å². The Morgan fingerprint density at radius 1 is 1.29 bits per heavy atom. The van der Waals surface area contributed by atoms with E-state index in [2.05, 4.69) is 37.5 Å². The van der Waals surface area contributed by atoms with E-state index >= 15 is 0 Å². The van der Waals surface area contributed by atoms with Crippen molar-refractivity contribution in [1.29, 1.82) is 0 Å². The van der Waals surface area contributed by atoms with Crippen LogP contribution in [0.3, 0.4) is 0 Å². The molecule has 1 saturated heterocycles. The Kier molecular flexibility index (Phi) is 5.36. The van der Waals surface area contributed by atoms with Crippen molar-refractivity contribution in [2.45, 2.75) is 44.8 Å². The van der Waals surface area contributed by atoms with Gasteiger partial charge in [0.2, 0.25) is 5.91 Å². The smallest absolute Gasteiger partial charge is 0.226 e. The molecule has 178 valence electrons. The Bertz CT molecular complexity index is 1210. The maximum atomic E-state index is 12.7. The molecule has 34 heavy (non-hydrogen) atoms. The van der Waals surface area contributed by atoms with Gasteiger partial charge in [0.05, 0.1) is 42.5 Å². The van der Waals surface area contributed by atoms with Crippen molar-refractivity contribution in [2.24, 2.45) is 18.9 Å². The number of imidazole rings is 1. The summed E-state index contributed by atoms with van der Waals surface area (Å²) in [4.78, 5) is 24.4.